The molecule has 0 aromatic heterocycles. The topological polar surface area (TPSA) is 106 Å². The van der Waals surface area contributed by atoms with E-state index in [-0.39, 0.29) is 18.5 Å². The van der Waals surface area contributed by atoms with Gasteiger partial charge in [0.05, 0.1) is 17.7 Å². The highest BCUT2D eigenvalue weighted by Crippen LogP contribution is 2.28. The molecule has 2 N–H and O–H groups in total. The number of imide groups is 1. The predicted molar refractivity (Wildman–Crippen MR) is 116 cm³/mol. The number of urea groups is 1. The number of benzene rings is 2. The summed E-state index contributed by atoms with van der Waals surface area (Å²) in [5, 5.41) is 18.4. The molecule has 3 rings (SSSR count). The summed E-state index contributed by atoms with van der Waals surface area (Å²) >= 11 is 1.48. The van der Waals surface area contributed by atoms with Gasteiger partial charge < -0.3 is 14.8 Å². The maximum absolute atomic E-state index is 12.5. The van der Waals surface area contributed by atoms with E-state index in [9.17, 15) is 14.8 Å². The number of carbonyl (C=O) groups is 2. The van der Waals surface area contributed by atoms with E-state index < -0.39 is 11.6 Å². The zero-order valence-corrected chi connectivity index (χ0v) is 18.3. The minimum atomic E-state index is -0.894. The van der Waals surface area contributed by atoms with Gasteiger partial charge in [0, 0.05) is 24.2 Å². The van der Waals surface area contributed by atoms with Gasteiger partial charge in [0.15, 0.2) is 0 Å². The molecule has 3 amide bonds. The summed E-state index contributed by atoms with van der Waals surface area (Å²) in [6.45, 7) is 3.48. The van der Waals surface area contributed by atoms with Crippen LogP contribution in [0.25, 0.3) is 0 Å². The molecule has 2 aromatic rings. The summed E-state index contributed by atoms with van der Waals surface area (Å²) in [4.78, 5) is 28.4. The van der Waals surface area contributed by atoms with Crippen LogP contribution in [0.5, 0.6) is 11.5 Å². The number of hydrogen-bond donors (Lipinski definition) is 2. The maximum Gasteiger partial charge on any atom is 0.327 e. The summed E-state index contributed by atoms with van der Waals surface area (Å²) in [6.07, 6.45) is 0. The quantitative estimate of drug-likeness (QED) is 0.368. The van der Waals surface area contributed by atoms with Crippen molar-refractivity contribution >= 4 is 23.7 Å². The van der Waals surface area contributed by atoms with E-state index in [4.69, 9.17) is 10.00 Å². The molecule has 9 heteroatoms. The van der Waals surface area contributed by atoms with Gasteiger partial charge in [0.1, 0.15) is 17.0 Å². The van der Waals surface area contributed by atoms with Crippen molar-refractivity contribution in [2.24, 2.45) is 0 Å². The Morgan fingerprint density at radius 2 is 1.71 bits per heavy atom. The molecule has 1 aliphatic heterocycles. The number of nitriles is 1. The summed E-state index contributed by atoms with van der Waals surface area (Å²) < 4.78 is 5.76. The summed E-state index contributed by atoms with van der Waals surface area (Å²) in [7, 11) is 1.60. The average Bonchev–Trinajstić information content (AvgIpc) is 2.92. The van der Waals surface area contributed by atoms with Crippen molar-refractivity contribution in [1.82, 2.24) is 15.3 Å². The number of thioether (sulfide) groups is 1. The van der Waals surface area contributed by atoms with Gasteiger partial charge in [-0.05, 0) is 62.4 Å². The third-order valence-electron chi connectivity index (χ3n) is 5.20. The molecule has 31 heavy (non-hydrogen) atoms. The first kappa shape index (κ1) is 22.6. The number of carbonyl (C=O) groups excluding carboxylic acids is 2. The van der Waals surface area contributed by atoms with Gasteiger partial charge >= 0.3 is 6.03 Å². The second-order valence-corrected chi connectivity index (χ2v) is 8.76. The van der Waals surface area contributed by atoms with Crippen molar-refractivity contribution in [3.05, 3.63) is 54.1 Å². The SMILES string of the molecule is CN1C(=O)N(CC(CSc2ccc(Oc3ccc(C#N)cc3)cc2)NO)C(=O)C1(C)C. The smallest absolute Gasteiger partial charge is 0.327 e. The first-order valence-electron chi connectivity index (χ1n) is 9.66. The van der Waals surface area contributed by atoms with E-state index in [0.717, 1.165) is 4.90 Å². The molecule has 1 fully saturated rings. The highest BCUT2D eigenvalue weighted by Gasteiger charge is 2.49. The van der Waals surface area contributed by atoms with Crippen LogP contribution in [0.15, 0.2) is 53.4 Å². The van der Waals surface area contributed by atoms with Crippen molar-refractivity contribution in [1.29, 1.82) is 5.26 Å². The van der Waals surface area contributed by atoms with Crippen LogP contribution in [-0.2, 0) is 4.79 Å². The minimum Gasteiger partial charge on any atom is -0.457 e. The molecule has 162 valence electrons. The molecule has 8 nitrogen and oxygen atoms in total. The average molecular weight is 441 g/mol. The Kier molecular flexibility index (Phi) is 6.85. The van der Waals surface area contributed by atoms with Crippen molar-refractivity contribution < 1.29 is 19.5 Å². The highest BCUT2D eigenvalue weighted by molar-refractivity contribution is 7.99. The Morgan fingerprint density at radius 3 is 2.19 bits per heavy atom. The fourth-order valence-corrected chi connectivity index (χ4v) is 3.93. The molecule has 1 saturated heterocycles. The molecule has 1 heterocycles. The molecule has 0 radical (unpaired) electrons. The van der Waals surface area contributed by atoms with E-state index in [1.165, 1.54) is 21.6 Å². The van der Waals surface area contributed by atoms with E-state index >= 15 is 0 Å². The van der Waals surface area contributed by atoms with Crippen molar-refractivity contribution in [2.45, 2.75) is 30.3 Å². The number of nitrogens with one attached hydrogen (secondary N) is 1. The van der Waals surface area contributed by atoms with E-state index in [1.807, 2.05) is 24.3 Å². The lowest BCUT2D eigenvalue weighted by atomic mass is 10.1. The number of nitrogens with zero attached hydrogens (tertiary/aromatic N) is 3. The lowest BCUT2D eigenvalue weighted by Gasteiger charge is -2.22. The van der Waals surface area contributed by atoms with Gasteiger partial charge in [-0.1, -0.05) is 0 Å². The Balaban J connectivity index is 1.55. The fraction of sp³-hybridized carbons (Fsp3) is 0.318. The van der Waals surface area contributed by atoms with Crippen LogP contribution < -0.4 is 10.2 Å². The molecule has 1 atom stereocenters. The second-order valence-electron chi connectivity index (χ2n) is 7.66. The number of rotatable bonds is 8. The zero-order valence-electron chi connectivity index (χ0n) is 17.5. The normalized spacial score (nSPS) is 16.4. The van der Waals surface area contributed by atoms with Crippen molar-refractivity contribution in [3.63, 3.8) is 0 Å². The molecule has 1 unspecified atom stereocenters. The van der Waals surface area contributed by atoms with Gasteiger partial charge in [0.2, 0.25) is 0 Å². The van der Waals surface area contributed by atoms with E-state index in [0.29, 0.717) is 22.8 Å². The monoisotopic (exact) mass is 440 g/mol. The molecule has 0 saturated carbocycles. The Hall–Kier alpha value is -3.06. The largest absolute Gasteiger partial charge is 0.457 e. The van der Waals surface area contributed by atoms with Crippen molar-refractivity contribution in [2.75, 3.05) is 19.3 Å². The zero-order chi connectivity index (χ0) is 22.6. The van der Waals surface area contributed by atoms with E-state index in [2.05, 4.69) is 11.5 Å². The Labute approximate surface area is 185 Å². The Bertz CT molecular complexity index is 986. The van der Waals surface area contributed by atoms with Crippen LogP contribution in [0.3, 0.4) is 0 Å². The molecular formula is C22H24N4O4S. The number of hydrogen-bond acceptors (Lipinski definition) is 7. The standard InChI is InChI=1S/C22H24N4O4S/c1-22(2)20(27)26(21(28)25(22)3)13-16(24-29)14-31-19-10-8-18(9-11-19)30-17-6-4-15(12-23)5-7-17/h4-11,16,24,29H,13-14H2,1-3H3. The van der Waals surface area contributed by atoms with Gasteiger partial charge in [-0.3, -0.25) is 9.69 Å². The van der Waals surface area contributed by atoms with Crippen LogP contribution >= 0.6 is 11.8 Å². The van der Waals surface area contributed by atoms with Gasteiger partial charge in [-0.25, -0.2) is 4.79 Å². The molecule has 2 aromatic carbocycles. The summed E-state index contributed by atoms with van der Waals surface area (Å²) in [6, 6.07) is 15.5. The number of ether oxygens (including phenoxy) is 1. The lowest BCUT2D eigenvalue weighted by molar-refractivity contribution is -0.132. The van der Waals surface area contributed by atoms with E-state index in [1.54, 1.807) is 45.2 Å². The van der Waals surface area contributed by atoms with Gasteiger partial charge in [0.25, 0.3) is 5.91 Å². The first-order chi connectivity index (χ1) is 14.8. The van der Waals surface area contributed by atoms with Crippen LogP contribution in [0.2, 0.25) is 0 Å². The third-order valence-corrected chi connectivity index (χ3v) is 6.38. The third kappa shape index (κ3) is 4.99. The minimum absolute atomic E-state index is 0.0782. The molecule has 1 aliphatic rings. The summed E-state index contributed by atoms with van der Waals surface area (Å²) in [5.74, 6) is 1.46. The van der Waals surface area contributed by atoms with Crippen molar-refractivity contribution in [3.8, 4) is 17.6 Å². The molecular weight excluding hydrogens is 416 g/mol. The Morgan fingerprint density at radius 1 is 1.13 bits per heavy atom. The van der Waals surface area contributed by atoms with Crippen LogP contribution in [0.4, 0.5) is 4.79 Å². The second kappa shape index (κ2) is 9.39. The molecule has 0 spiro atoms. The highest BCUT2D eigenvalue weighted by atomic mass is 32.2. The number of amides is 3. The van der Waals surface area contributed by atoms with Gasteiger partial charge in [-0.15, -0.1) is 11.8 Å². The predicted octanol–water partition coefficient (Wildman–Crippen LogP) is 3.46. The number of likely N-dealkylation sites (N-methyl/N-ethyl adjacent to an activating group) is 1. The van der Waals surface area contributed by atoms with Gasteiger partial charge in [-0.2, -0.15) is 10.7 Å². The van der Waals surface area contributed by atoms with Crippen LogP contribution in [-0.4, -0.2) is 57.9 Å². The maximum atomic E-state index is 12.5. The van der Waals surface area contributed by atoms with Crippen LogP contribution in [0, 0.1) is 11.3 Å². The lowest BCUT2D eigenvalue weighted by Crippen LogP contribution is -2.45. The van der Waals surface area contributed by atoms with Crippen LogP contribution in [0.1, 0.15) is 19.4 Å². The molecule has 0 bridgehead atoms. The first-order valence-corrected chi connectivity index (χ1v) is 10.6. The fourth-order valence-electron chi connectivity index (χ4n) is 3.03. The molecule has 0 aliphatic carbocycles. The number of hydroxylamine groups is 1. The summed E-state index contributed by atoms with van der Waals surface area (Å²) in [5.41, 5.74) is 1.88.